The molecule has 0 radical (unpaired) electrons. The van der Waals surface area contributed by atoms with Gasteiger partial charge in [-0.15, -0.1) is 0 Å². The number of amides is 1. The average Bonchev–Trinajstić information content (AvgIpc) is 2.83. The zero-order valence-corrected chi connectivity index (χ0v) is 18.9. The molecule has 0 aliphatic carbocycles. The number of aromatic hydroxyl groups is 1. The molecule has 1 fully saturated rings. The molecule has 4 rings (SSSR count). The molecular formula is C25H28N2O4S. The molecule has 1 aliphatic rings. The van der Waals surface area contributed by atoms with Crippen LogP contribution in [0.3, 0.4) is 0 Å². The molecule has 6 nitrogen and oxygen atoms in total. The highest BCUT2D eigenvalue weighted by molar-refractivity contribution is 7.89. The molecule has 1 saturated heterocycles. The van der Waals surface area contributed by atoms with Gasteiger partial charge in [-0.25, -0.2) is 12.7 Å². The number of piperidine rings is 1. The van der Waals surface area contributed by atoms with E-state index in [2.05, 4.69) is 5.32 Å². The number of benzene rings is 3. The van der Waals surface area contributed by atoms with E-state index in [0.29, 0.717) is 31.5 Å². The van der Waals surface area contributed by atoms with E-state index < -0.39 is 16.1 Å². The van der Waals surface area contributed by atoms with E-state index in [1.54, 1.807) is 13.0 Å². The second-order valence-electron chi connectivity index (χ2n) is 8.15. The van der Waals surface area contributed by atoms with Gasteiger partial charge in [0.05, 0.1) is 11.8 Å². The van der Waals surface area contributed by atoms with E-state index in [0.717, 1.165) is 16.3 Å². The smallest absolute Gasteiger partial charge is 0.223 e. The molecule has 0 spiro atoms. The Morgan fingerprint density at radius 1 is 1.03 bits per heavy atom. The van der Waals surface area contributed by atoms with Crippen molar-refractivity contribution in [2.24, 2.45) is 5.92 Å². The average molecular weight is 453 g/mol. The first kappa shape index (κ1) is 22.3. The van der Waals surface area contributed by atoms with Crippen molar-refractivity contribution in [3.63, 3.8) is 0 Å². The summed E-state index contributed by atoms with van der Waals surface area (Å²) in [4.78, 5) is 13.3. The van der Waals surface area contributed by atoms with Gasteiger partial charge in [0, 0.05) is 24.6 Å². The van der Waals surface area contributed by atoms with Crippen LogP contribution in [0.2, 0.25) is 0 Å². The Kier molecular flexibility index (Phi) is 6.48. The van der Waals surface area contributed by atoms with Gasteiger partial charge >= 0.3 is 0 Å². The van der Waals surface area contributed by atoms with Crippen LogP contribution in [0, 0.1) is 5.92 Å². The Labute approximate surface area is 188 Å². The van der Waals surface area contributed by atoms with Gasteiger partial charge in [-0.05, 0) is 42.2 Å². The molecule has 32 heavy (non-hydrogen) atoms. The summed E-state index contributed by atoms with van der Waals surface area (Å²) < 4.78 is 25.8. The largest absolute Gasteiger partial charge is 0.508 e. The third-order valence-electron chi connectivity index (χ3n) is 6.24. The van der Waals surface area contributed by atoms with Crippen molar-refractivity contribution in [2.75, 3.05) is 18.8 Å². The van der Waals surface area contributed by atoms with Gasteiger partial charge in [0.2, 0.25) is 15.9 Å². The Balaban J connectivity index is 1.63. The van der Waals surface area contributed by atoms with Crippen LogP contribution in [0.5, 0.6) is 5.75 Å². The van der Waals surface area contributed by atoms with E-state index in [-0.39, 0.29) is 23.3 Å². The topological polar surface area (TPSA) is 86.7 Å². The van der Waals surface area contributed by atoms with Crippen LogP contribution in [0.4, 0.5) is 0 Å². The molecule has 3 aromatic rings. The molecule has 2 N–H and O–H groups in total. The molecule has 3 aromatic carbocycles. The first-order chi connectivity index (χ1) is 15.4. The number of phenolic OH excluding ortho intramolecular Hbond substituents is 1. The Morgan fingerprint density at radius 2 is 1.69 bits per heavy atom. The van der Waals surface area contributed by atoms with E-state index in [1.807, 2.05) is 60.7 Å². The van der Waals surface area contributed by atoms with Crippen LogP contribution >= 0.6 is 0 Å². The minimum Gasteiger partial charge on any atom is -0.508 e. The number of fused-ring (bicyclic) bond motifs is 1. The molecular weight excluding hydrogens is 424 g/mol. The maximum absolute atomic E-state index is 13.3. The fourth-order valence-corrected chi connectivity index (χ4v) is 5.53. The van der Waals surface area contributed by atoms with Gasteiger partial charge in [0.15, 0.2) is 0 Å². The number of hydrogen-bond acceptors (Lipinski definition) is 4. The van der Waals surface area contributed by atoms with Gasteiger partial charge in [0.25, 0.3) is 0 Å². The lowest BCUT2D eigenvalue weighted by atomic mass is 9.91. The molecule has 0 saturated carbocycles. The molecule has 1 aliphatic heterocycles. The number of rotatable bonds is 6. The SMILES string of the molecule is CCS(=O)(=O)N1CCC(C(=O)N[C@@H](c2ccccc2)c2c(O)ccc3ccccc23)CC1. The molecule has 168 valence electrons. The number of carbonyl (C=O) groups is 1. The Morgan fingerprint density at radius 3 is 2.38 bits per heavy atom. The quantitative estimate of drug-likeness (QED) is 0.595. The fourth-order valence-electron chi connectivity index (χ4n) is 4.39. The zero-order valence-electron chi connectivity index (χ0n) is 18.1. The molecule has 0 aromatic heterocycles. The van der Waals surface area contributed by atoms with E-state index >= 15 is 0 Å². The number of carbonyl (C=O) groups excluding carboxylic acids is 1. The van der Waals surface area contributed by atoms with Crippen molar-refractivity contribution < 1.29 is 18.3 Å². The Hall–Kier alpha value is -2.90. The summed E-state index contributed by atoms with van der Waals surface area (Å²) in [6.45, 7) is 2.34. The van der Waals surface area contributed by atoms with Crippen molar-refractivity contribution in [3.8, 4) is 5.75 Å². The zero-order chi connectivity index (χ0) is 22.7. The third kappa shape index (κ3) is 4.49. The predicted octanol–water partition coefficient (Wildman–Crippen LogP) is 3.81. The highest BCUT2D eigenvalue weighted by Gasteiger charge is 2.32. The molecule has 7 heteroatoms. The third-order valence-corrected chi connectivity index (χ3v) is 8.12. The maximum atomic E-state index is 13.3. The van der Waals surface area contributed by atoms with Crippen molar-refractivity contribution in [3.05, 3.63) is 77.9 Å². The number of nitrogens with zero attached hydrogens (tertiary/aromatic N) is 1. The highest BCUT2D eigenvalue weighted by atomic mass is 32.2. The highest BCUT2D eigenvalue weighted by Crippen LogP contribution is 2.36. The van der Waals surface area contributed by atoms with Crippen molar-refractivity contribution in [1.29, 1.82) is 0 Å². The van der Waals surface area contributed by atoms with Gasteiger partial charge in [-0.1, -0.05) is 60.7 Å². The molecule has 0 bridgehead atoms. The van der Waals surface area contributed by atoms with Crippen LogP contribution < -0.4 is 5.32 Å². The number of nitrogens with one attached hydrogen (secondary N) is 1. The van der Waals surface area contributed by atoms with Crippen LogP contribution in [-0.4, -0.2) is 42.6 Å². The van der Waals surface area contributed by atoms with E-state index in [1.165, 1.54) is 4.31 Å². The van der Waals surface area contributed by atoms with Crippen molar-refractivity contribution >= 4 is 26.7 Å². The van der Waals surface area contributed by atoms with Crippen LogP contribution in [0.15, 0.2) is 66.7 Å². The lowest BCUT2D eigenvalue weighted by molar-refractivity contribution is -0.126. The number of sulfonamides is 1. The van der Waals surface area contributed by atoms with Gasteiger partial charge in [-0.2, -0.15) is 0 Å². The van der Waals surface area contributed by atoms with E-state index in [9.17, 15) is 18.3 Å². The normalized spacial score (nSPS) is 16.7. The van der Waals surface area contributed by atoms with Crippen molar-refractivity contribution in [2.45, 2.75) is 25.8 Å². The minimum atomic E-state index is -3.24. The summed E-state index contributed by atoms with van der Waals surface area (Å²) in [6, 6.07) is 20.4. The first-order valence-corrected chi connectivity index (χ1v) is 12.6. The Bertz CT molecular complexity index is 1200. The van der Waals surface area contributed by atoms with E-state index in [4.69, 9.17) is 0 Å². The summed E-state index contributed by atoms with van der Waals surface area (Å²) in [6.07, 6.45) is 0.961. The summed E-state index contributed by atoms with van der Waals surface area (Å²) in [5.41, 5.74) is 1.53. The summed E-state index contributed by atoms with van der Waals surface area (Å²) in [7, 11) is -3.24. The molecule has 0 unspecified atom stereocenters. The monoisotopic (exact) mass is 452 g/mol. The second kappa shape index (κ2) is 9.30. The van der Waals surface area contributed by atoms with Crippen molar-refractivity contribution in [1.82, 2.24) is 9.62 Å². The molecule has 1 atom stereocenters. The lowest BCUT2D eigenvalue weighted by Crippen LogP contribution is -2.44. The van der Waals surface area contributed by atoms with Gasteiger partial charge in [-0.3, -0.25) is 4.79 Å². The summed E-state index contributed by atoms with van der Waals surface area (Å²) in [5.74, 6) is -0.205. The second-order valence-corrected chi connectivity index (χ2v) is 10.4. The van der Waals surface area contributed by atoms with Gasteiger partial charge in [0.1, 0.15) is 5.75 Å². The lowest BCUT2D eigenvalue weighted by Gasteiger charge is -2.31. The molecule has 1 heterocycles. The maximum Gasteiger partial charge on any atom is 0.223 e. The van der Waals surface area contributed by atoms with Crippen LogP contribution in [0.25, 0.3) is 10.8 Å². The fraction of sp³-hybridized carbons (Fsp3) is 0.320. The molecule has 1 amide bonds. The van der Waals surface area contributed by atoms with Gasteiger partial charge < -0.3 is 10.4 Å². The standard InChI is InChI=1S/C25H28N2O4S/c1-2-32(30,31)27-16-14-20(15-17-27)25(29)26-24(19-9-4-3-5-10-19)23-21-11-7-6-8-18(21)12-13-22(23)28/h3-13,20,24,28H,2,14-17H2,1H3,(H,26,29)/t24-/m0/s1. The predicted molar refractivity (Wildman–Crippen MR) is 126 cm³/mol. The first-order valence-electron chi connectivity index (χ1n) is 10.9. The summed E-state index contributed by atoms with van der Waals surface area (Å²) >= 11 is 0. The number of phenols is 1. The van der Waals surface area contributed by atoms with Crippen LogP contribution in [0.1, 0.15) is 36.9 Å². The summed E-state index contributed by atoms with van der Waals surface area (Å²) in [5, 5.41) is 15.8. The number of hydrogen-bond donors (Lipinski definition) is 2. The minimum absolute atomic E-state index is 0.0697. The van der Waals surface area contributed by atoms with Crippen LogP contribution in [-0.2, 0) is 14.8 Å².